The van der Waals surface area contributed by atoms with Crippen molar-refractivity contribution in [2.24, 2.45) is 5.92 Å². The highest BCUT2D eigenvalue weighted by molar-refractivity contribution is 5.80. The third-order valence-corrected chi connectivity index (χ3v) is 3.07. The lowest BCUT2D eigenvalue weighted by molar-refractivity contribution is -0.150. The van der Waals surface area contributed by atoms with Gasteiger partial charge in [-0.3, -0.25) is 4.79 Å². The van der Waals surface area contributed by atoms with Crippen molar-refractivity contribution in [3.8, 4) is 0 Å². The zero-order valence-electron chi connectivity index (χ0n) is 12.7. The van der Waals surface area contributed by atoms with Gasteiger partial charge in [-0.25, -0.2) is 4.39 Å². The highest BCUT2D eigenvalue weighted by Gasteiger charge is 2.34. The van der Waals surface area contributed by atoms with Crippen molar-refractivity contribution in [2.75, 3.05) is 13.2 Å². The summed E-state index contributed by atoms with van der Waals surface area (Å²) in [5.41, 5.74) is -0.0644. The Labute approximate surface area is 120 Å². The van der Waals surface area contributed by atoms with Crippen LogP contribution < -0.4 is 5.32 Å². The topological polar surface area (TPSA) is 38.3 Å². The number of ether oxygens (including phenoxy) is 1. The number of hydrogen-bond acceptors (Lipinski definition) is 3. The van der Waals surface area contributed by atoms with Gasteiger partial charge in [-0.2, -0.15) is 0 Å². The van der Waals surface area contributed by atoms with Gasteiger partial charge in [0.05, 0.1) is 6.61 Å². The zero-order valence-corrected chi connectivity index (χ0v) is 12.7. The van der Waals surface area contributed by atoms with Crippen LogP contribution >= 0.6 is 0 Å². The normalized spacial score (nSPS) is 14.1. The minimum Gasteiger partial charge on any atom is -0.465 e. The van der Waals surface area contributed by atoms with Gasteiger partial charge in [-0.1, -0.05) is 26.0 Å². The lowest BCUT2D eigenvalue weighted by Crippen LogP contribution is -2.53. The first kappa shape index (κ1) is 16.6. The fourth-order valence-corrected chi connectivity index (χ4v) is 1.98. The lowest BCUT2D eigenvalue weighted by Gasteiger charge is -2.29. The second kappa shape index (κ2) is 7.39. The molecule has 1 aromatic carbocycles. The number of carbonyl (C=O) groups is 1. The molecule has 0 saturated carbocycles. The van der Waals surface area contributed by atoms with E-state index in [2.05, 4.69) is 19.2 Å². The number of carbonyl (C=O) groups excluding carboxylic acids is 1. The van der Waals surface area contributed by atoms with E-state index in [-0.39, 0.29) is 11.8 Å². The number of esters is 1. The lowest BCUT2D eigenvalue weighted by atomic mass is 9.92. The molecule has 1 N–H and O–H groups in total. The van der Waals surface area contributed by atoms with E-state index in [0.717, 1.165) is 5.56 Å². The van der Waals surface area contributed by atoms with Gasteiger partial charge in [0.25, 0.3) is 0 Å². The molecule has 1 unspecified atom stereocenters. The van der Waals surface area contributed by atoms with Crippen molar-refractivity contribution in [2.45, 2.75) is 39.7 Å². The van der Waals surface area contributed by atoms with Gasteiger partial charge in [0.2, 0.25) is 0 Å². The second-order valence-electron chi connectivity index (χ2n) is 5.63. The molecule has 1 atom stereocenters. The van der Waals surface area contributed by atoms with E-state index in [1.54, 1.807) is 19.9 Å². The molecule has 0 saturated heterocycles. The van der Waals surface area contributed by atoms with Gasteiger partial charge in [0.1, 0.15) is 11.4 Å². The molecule has 3 nitrogen and oxygen atoms in total. The molecular formula is C16H24FNO2. The third-order valence-electron chi connectivity index (χ3n) is 3.07. The number of halogens is 1. The van der Waals surface area contributed by atoms with E-state index < -0.39 is 5.54 Å². The summed E-state index contributed by atoms with van der Waals surface area (Å²) >= 11 is 0. The monoisotopic (exact) mass is 281 g/mol. The van der Waals surface area contributed by atoms with Crippen LogP contribution in [0.15, 0.2) is 24.3 Å². The molecule has 0 heterocycles. The Balaban J connectivity index is 2.88. The zero-order chi connectivity index (χ0) is 15.2. The first-order chi connectivity index (χ1) is 9.37. The smallest absolute Gasteiger partial charge is 0.326 e. The maximum atomic E-state index is 13.3. The summed E-state index contributed by atoms with van der Waals surface area (Å²) in [5, 5.41) is 3.25. The summed E-state index contributed by atoms with van der Waals surface area (Å²) in [5.74, 6) is -0.182. The van der Waals surface area contributed by atoms with Crippen LogP contribution in [0.2, 0.25) is 0 Å². The summed E-state index contributed by atoms with van der Waals surface area (Å²) in [6, 6.07) is 6.32. The molecule has 1 aromatic rings. The molecule has 0 aliphatic rings. The first-order valence-electron chi connectivity index (χ1n) is 7.04. The quantitative estimate of drug-likeness (QED) is 0.781. The minimum absolute atomic E-state index is 0.294. The van der Waals surface area contributed by atoms with E-state index in [1.165, 1.54) is 12.1 Å². The van der Waals surface area contributed by atoms with E-state index in [0.29, 0.717) is 25.5 Å². The largest absolute Gasteiger partial charge is 0.465 e. The maximum Gasteiger partial charge on any atom is 0.326 e. The number of rotatable bonds is 7. The van der Waals surface area contributed by atoms with Crippen molar-refractivity contribution >= 4 is 5.97 Å². The summed E-state index contributed by atoms with van der Waals surface area (Å²) in [6.07, 6.45) is 0.399. The standard InChI is InChI=1S/C16H24FNO2/c1-5-20-15(19)16(4,18-11-12(2)3)10-13-7-6-8-14(17)9-13/h6-9,12,18H,5,10-11H2,1-4H3. The highest BCUT2D eigenvalue weighted by Crippen LogP contribution is 2.17. The van der Waals surface area contributed by atoms with Gasteiger partial charge in [-0.05, 0) is 44.0 Å². The Bertz CT molecular complexity index is 448. The van der Waals surface area contributed by atoms with Crippen LogP contribution in [0.3, 0.4) is 0 Å². The molecule has 0 radical (unpaired) electrons. The number of hydrogen-bond donors (Lipinski definition) is 1. The predicted molar refractivity (Wildman–Crippen MR) is 78.0 cm³/mol. The average molecular weight is 281 g/mol. The fraction of sp³-hybridized carbons (Fsp3) is 0.562. The second-order valence-corrected chi connectivity index (χ2v) is 5.63. The molecule has 0 aliphatic carbocycles. The van der Waals surface area contributed by atoms with Gasteiger partial charge in [0.15, 0.2) is 0 Å². The molecule has 1 rings (SSSR count). The molecule has 20 heavy (non-hydrogen) atoms. The van der Waals surface area contributed by atoms with Gasteiger partial charge < -0.3 is 10.1 Å². The maximum absolute atomic E-state index is 13.3. The summed E-state index contributed by atoms with van der Waals surface area (Å²) < 4.78 is 18.4. The number of benzene rings is 1. The first-order valence-corrected chi connectivity index (χ1v) is 7.04. The van der Waals surface area contributed by atoms with Crippen LogP contribution in [0, 0.1) is 11.7 Å². The summed E-state index contributed by atoms with van der Waals surface area (Å²) in [4.78, 5) is 12.2. The van der Waals surface area contributed by atoms with E-state index >= 15 is 0 Å². The molecule has 0 fully saturated rings. The van der Waals surface area contributed by atoms with Crippen LogP contribution in [-0.2, 0) is 16.0 Å². The van der Waals surface area contributed by atoms with E-state index in [4.69, 9.17) is 4.74 Å². The van der Waals surface area contributed by atoms with Gasteiger partial charge >= 0.3 is 5.97 Å². The SMILES string of the molecule is CCOC(=O)C(C)(Cc1cccc(F)c1)NCC(C)C. The Morgan fingerprint density at radius 1 is 1.45 bits per heavy atom. The molecule has 112 valence electrons. The summed E-state index contributed by atoms with van der Waals surface area (Å²) in [7, 11) is 0. The van der Waals surface area contributed by atoms with E-state index in [1.807, 2.05) is 6.07 Å². The molecular weight excluding hydrogens is 257 g/mol. The Morgan fingerprint density at radius 2 is 2.15 bits per heavy atom. The van der Waals surface area contributed by atoms with Crippen LogP contribution in [0.5, 0.6) is 0 Å². The molecule has 0 bridgehead atoms. The van der Waals surface area contributed by atoms with Gasteiger partial charge in [-0.15, -0.1) is 0 Å². The van der Waals surface area contributed by atoms with Crippen LogP contribution in [-0.4, -0.2) is 24.7 Å². The Morgan fingerprint density at radius 3 is 2.70 bits per heavy atom. The minimum atomic E-state index is -0.839. The van der Waals surface area contributed by atoms with Crippen molar-refractivity contribution in [1.29, 1.82) is 0 Å². The average Bonchev–Trinajstić information content (AvgIpc) is 2.36. The Hall–Kier alpha value is -1.42. The fourth-order valence-electron chi connectivity index (χ4n) is 1.98. The summed E-state index contributed by atoms with van der Waals surface area (Å²) in [6.45, 7) is 8.76. The van der Waals surface area contributed by atoms with Crippen molar-refractivity contribution in [3.63, 3.8) is 0 Å². The van der Waals surface area contributed by atoms with Crippen molar-refractivity contribution in [3.05, 3.63) is 35.6 Å². The number of nitrogens with one attached hydrogen (secondary N) is 1. The van der Waals surface area contributed by atoms with Crippen LogP contribution in [0.4, 0.5) is 4.39 Å². The van der Waals surface area contributed by atoms with Gasteiger partial charge in [0, 0.05) is 6.42 Å². The Kier molecular flexibility index (Phi) is 6.14. The van der Waals surface area contributed by atoms with Crippen LogP contribution in [0.25, 0.3) is 0 Å². The highest BCUT2D eigenvalue weighted by atomic mass is 19.1. The predicted octanol–water partition coefficient (Wildman–Crippen LogP) is 2.94. The van der Waals surface area contributed by atoms with Crippen molar-refractivity contribution < 1.29 is 13.9 Å². The third kappa shape index (κ3) is 4.93. The van der Waals surface area contributed by atoms with Crippen LogP contribution in [0.1, 0.15) is 33.3 Å². The molecule has 4 heteroatoms. The molecule has 0 spiro atoms. The molecule has 0 aromatic heterocycles. The molecule has 0 amide bonds. The molecule has 0 aliphatic heterocycles. The van der Waals surface area contributed by atoms with Crippen molar-refractivity contribution in [1.82, 2.24) is 5.32 Å². The van der Waals surface area contributed by atoms with E-state index in [9.17, 15) is 9.18 Å².